The number of aromatic nitrogens is 2. The zero-order valence-electron chi connectivity index (χ0n) is 16.2. The van der Waals surface area contributed by atoms with Gasteiger partial charge in [0.15, 0.2) is 6.04 Å². The Morgan fingerprint density at radius 3 is 2.20 bits per heavy atom. The van der Waals surface area contributed by atoms with Crippen molar-refractivity contribution in [2.45, 2.75) is 12.5 Å². The molecule has 1 unspecified atom stereocenters. The zero-order valence-corrected chi connectivity index (χ0v) is 16.2. The van der Waals surface area contributed by atoms with Crippen LogP contribution in [0, 0.1) is 0 Å². The minimum absolute atomic E-state index is 0.0219. The van der Waals surface area contributed by atoms with Gasteiger partial charge in [0.2, 0.25) is 0 Å². The highest BCUT2D eigenvalue weighted by Crippen LogP contribution is 2.31. The molecule has 0 saturated heterocycles. The molecule has 1 aliphatic rings. The van der Waals surface area contributed by atoms with Gasteiger partial charge in [-0.15, -0.1) is 0 Å². The van der Waals surface area contributed by atoms with Crippen LogP contribution in [0.3, 0.4) is 0 Å². The number of nitrogens with zero attached hydrogens (tertiary/aromatic N) is 2. The van der Waals surface area contributed by atoms with Gasteiger partial charge in [0, 0.05) is 12.0 Å². The minimum atomic E-state index is -0.377. The highest BCUT2D eigenvalue weighted by molar-refractivity contribution is 5.83. The van der Waals surface area contributed by atoms with Crippen molar-refractivity contribution < 1.29 is 14.1 Å². The van der Waals surface area contributed by atoms with Crippen LogP contribution in [0.1, 0.15) is 10.4 Å². The molecule has 0 fully saturated rings. The number of anilines is 1. The number of ether oxygens (including phenoxy) is 1. The van der Waals surface area contributed by atoms with Gasteiger partial charge in [-0.2, -0.15) is 4.57 Å². The lowest BCUT2D eigenvalue weighted by Crippen LogP contribution is -2.43. The van der Waals surface area contributed by atoms with Gasteiger partial charge in [0.1, 0.15) is 17.6 Å². The van der Waals surface area contributed by atoms with E-state index in [-0.39, 0.29) is 11.9 Å². The van der Waals surface area contributed by atoms with E-state index >= 15 is 0 Å². The first-order valence-corrected chi connectivity index (χ1v) is 9.87. The molecule has 1 N–H and O–H groups in total. The maximum absolute atomic E-state index is 13.2. The molecule has 0 spiro atoms. The first kappa shape index (κ1) is 18.1. The molecule has 5 rings (SSSR count). The summed E-state index contributed by atoms with van der Waals surface area (Å²) >= 11 is 0. The lowest BCUT2D eigenvalue weighted by molar-refractivity contribution is -0.552. The van der Waals surface area contributed by atoms with E-state index in [1.54, 1.807) is 10.8 Å². The van der Waals surface area contributed by atoms with Crippen molar-refractivity contribution in [3.63, 3.8) is 0 Å². The predicted molar refractivity (Wildman–Crippen MR) is 115 cm³/mol. The second-order valence-electron chi connectivity index (χ2n) is 7.16. The normalized spacial score (nSPS) is 14.8. The molecule has 0 radical (unpaired) electrons. The Labute approximate surface area is 174 Å². The molecule has 5 nitrogen and oxygen atoms in total. The summed E-state index contributed by atoms with van der Waals surface area (Å²) in [5.74, 6) is 1.60. The van der Waals surface area contributed by atoms with E-state index in [0.717, 1.165) is 11.1 Å². The van der Waals surface area contributed by atoms with Crippen molar-refractivity contribution in [1.82, 2.24) is 4.98 Å². The Hall–Kier alpha value is -3.99. The summed E-state index contributed by atoms with van der Waals surface area (Å²) in [5.41, 5.74) is 2.70. The molecular weight excluding hydrogens is 374 g/mol. The lowest BCUT2D eigenvalue weighted by Gasteiger charge is -2.08. The van der Waals surface area contributed by atoms with Crippen molar-refractivity contribution in [3.8, 4) is 22.9 Å². The monoisotopic (exact) mass is 394 g/mol. The highest BCUT2D eigenvalue weighted by Gasteiger charge is 2.42. The molecule has 1 aliphatic heterocycles. The molecule has 5 heteroatoms. The number of hydrogen-bond acceptors (Lipinski definition) is 4. The third-order valence-corrected chi connectivity index (χ3v) is 5.07. The van der Waals surface area contributed by atoms with Crippen molar-refractivity contribution in [3.05, 3.63) is 103 Å². The lowest BCUT2D eigenvalue weighted by atomic mass is 10.1. The number of carbonyl (C=O) groups is 1. The van der Waals surface area contributed by atoms with Crippen LogP contribution in [0.2, 0.25) is 0 Å². The van der Waals surface area contributed by atoms with Gasteiger partial charge in [-0.25, -0.2) is 9.78 Å². The number of benzene rings is 3. The van der Waals surface area contributed by atoms with Crippen molar-refractivity contribution in [2.75, 3.05) is 5.32 Å². The number of carbonyl (C=O) groups excluding carboxylic acids is 1. The summed E-state index contributed by atoms with van der Waals surface area (Å²) in [6.45, 7) is 0. The zero-order chi connectivity index (χ0) is 20.3. The van der Waals surface area contributed by atoms with Crippen LogP contribution in [0.15, 0.2) is 97.2 Å². The number of nitrogens with one attached hydrogen (secondary N) is 1. The summed E-state index contributed by atoms with van der Waals surface area (Å²) in [7, 11) is 0. The van der Waals surface area contributed by atoms with Gasteiger partial charge in [-0.1, -0.05) is 78.9 Å². The average molecular weight is 394 g/mol. The highest BCUT2D eigenvalue weighted by atomic mass is 16.5. The standard InChI is InChI=1S/C25H19N3O2/c29-25-21(16-18-10-4-1-5-11-18)26-23-24(30-20-14-8-3-9-15-20)27-22(17-28(23)25)19-12-6-2-7-13-19/h1-15,17,21H,16H2/p+1. The van der Waals surface area contributed by atoms with Crippen LogP contribution in [0.25, 0.3) is 11.3 Å². The van der Waals surface area contributed by atoms with Gasteiger partial charge in [0.05, 0.1) is 0 Å². The number of para-hydroxylation sites is 1. The Kier molecular flexibility index (Phi) is 4.69. The second-order valence-corrected chi connectivity index (χ2v) is 7.16. The van der Waals surface area contributed by atoms with Crippen LogP contribution >= 0.6 is 0 Å². The van der Waals surface area contributed by atoms with Gasteiger partial charge >= 0.3 is 17.6 Å². The van der Waals surface area contributed by atoms with Gasteiger partial charge in [0.25, 0.3) is 0 Å². The molecule has 0 amide bonds. The fourth-order valence-electron chi connectivity index (χ4n) is 3.59. The molecule has 2 heterocycles. The maximum atomic E-state index is 13.2. The van der Waals surface area contributed by atoms with Gasteiger partial charge in [-0.05, 0) is 17.7 Å². The third-order valence-electron chi connectivity index (χ3n) is 5.07. The fourth-order valence-corrected chi connectivity index (χ4v) is 3.59. The average Bonchev–Trinajstić information content (AvgIpc) is 3.11. The summed E-state index contributed by atoms with van der Waals surface area (Å²) in [5, 5.41) is 3.33. The van der Waals surface area contributed by atoms with E-state index < -0.39 is 0 Å². The Bertz CT molecular complexity index is 1180. The van der Waals surface area contributed by atoms with Crippen molar-refractivity contribution in [1.29, 1.82) is 0 Å². The second kappa shape index (κ2) is 7.79. The third kappa shape index (κ3) is 3.53. The number of hydrogen-bond donors (Lipinski definition) is 1. The van der Waals surface area contributed by atoms with Crippen LogP contribution in [0.5, 0.6) is 11.6 Å². The minimum Gasteiger partial charge on any atom is -0.433 e. The molecular formula is C25H20N3O2+. The van der Waals surface area contributed by atoms with Crippen LogP contribution in [-0.4, -0.2) is 16.9 Å². The molecule has 0 aliphatic carbocycles. The van der Waals surface area contributed by atoms with Crippen LogP contribution in [0.4, 0.5) is 5.82 Å². The summed E-state index contributed by atoms with van der Waals surface area (Å²) in [6, 6.07) is 28.9. The van der Waals surface area contributed by atoms with Gasteiger partial charge < -0.3 is 4.74 Å². The molecule has 30 heavy (non-hydrogen) atoms. The Morgan fingerprint density at radius 1 is 0.867 bits per heavy atom. The molecule has 1 aromatic heterocycles. The summed E-state index contributed by atoms with van der Waals surface area (Å²) in [4.78, 5) is 17.9. The molecule has 146 valence electrons. The van der Waals surface area contributed by atoms with E-state index in [1.165, 1.54) is 0 Å². The molecule has 1 atom stereocenters. The number of rotatable bonds is 5. The SMILES string of the molecule is O=C1C(Cc2ccccc2)Nc2c(Oc3ccccc3)nc(-c3ccccc3)c[n+]21. The largest absolute Gasteiger partial charge is 0.433 e. The van der Waals surface area contributed by atoms with Crippen LogP contribution in [-0.2, 0) is 6.42 Å². The smallest absolute Gasteiger partial charge is 0.359 e. The quantitative estimate of drug-likeness (QED) is 0.506. The topological polar surface area (TPSA) is 55.1 Å². The summed E-state index contributed by atoms with van der Waals surface area (Å²) < 4.78 is 7.71. The van der Waals surface area contributed by atoms with E-state index in [4.69, 9.17) is 9.72 Å². The molecule has 0 bridgehead atoms. The van der Waals surface area contributed by atoms with Crippen molar-refractivity contribution in [2.24, 2.45) is 0 Å². The molecule has 3 aromatic carbocycles. The van der Waals surface area contributed by atoms with E-state index in [0.29, 0.717) is 29.6 Å². The van der Waals surface area contributed by atoms with E-state index in [9.17, 15) is 4.79 Å². The van der Waals surface area contributed by atoms with E-state index in [2.05, 4.69) is 5.32 Å². The predicted octanol–water partition coefficient (Wildman–Crippen LogP) is 4.51. The first-order chi connectivity index (χ1) is 14.8. The molecule has 4 aromatic rings. The summed E-state index contributed by atoms with van der Waals surface area (Å²) in [6.07, 6.45) is 2.37. The van der Waals surface area contributed by atoms with Gasteiger partial charge in [-0.3, -0.25) is 5.32 Å². The molecule has 0 saturated carbocycles. The first-order valence-electron chi connectivity index (χ1n) is 9.87. The van der Waals surface area contributed by atoms with E-state index in [1.807, 2.05) is 91.0 Å². The Balaban J connectivity index is 1.55. The number of fused-ring (bicyclic) bond motifs is 1. The Morgan fingerprint density at radius 2 is 1.50 bits per heavy atom. The van der Waals surface area contributed by atoms with Crippen molar-refractivity contribution >= 4 is 11.7 Å². The fraction of sp³-hybridized carbons (Fsp3) is 0.0800. The maximum Gasteiger partial charge on any atom is 0.359 e. The van der Waals surface area contributed by atoms with Crippen LogP contribution < -0.4 is 14.6 Å².